The molecule has 3 nitrogen and oxygen atoms in total. The second kappa shape index (κ2) is 7.29. The highest BCUT2D eigenvalue weighted by Crippen LogP contribution is 2.31. The Bertz CT molecular complexity index is 630. The van der Waals surface area contributed by atoms with Crippen LogP contribution in [0.3, 0.4) is 0 Å². The molecule has 0 unspecified atom stereocenters. The molecule has 0 aliphatic rings. The van der Waals surface area contributed by atoms with Crippen molar-refractivity contribution in [1.82, 2.24) is 0 Å². The highest BCUT2D eigenvalue weighted by molar-refractivity contribution is 5.81. The standard InChI is InChI=1S/C18H18O3/c1-14(10-11-19)16-8-9-17(18(12-16)20-2)21-13-15-6-4-3-5-7-15/h3-12H,13H2,1-2H3. The zero-order chi connectivity index (χ0) is 15.1. The molecule has 2 rings (SSSR count). The third-order valence-corrected chi connectivity index (χ3v) is 3.17. The van der Waals surface area contributed by atoms with Crippen molar-refractivity contribution in [3.05, 3.63) is 65.7 Å². The van der Waals surface area contributed by atoms with Crippen molar-refractivity contribution in [2.75, 3.05) is 7.11 Å². The molecule has 0 radical (unpaired) electrons. The Morgan fingerprint density at radius 1 is 1.10 bits per heavy atom. The lowest BCUT2D eigenvalue weighted by molar-refractivity contribution is -0.104. The second-order valence-corrected chi connectivity index (χ2v) is 4.63. The number of hydrogen-bond acceptors (Lipinski definition) is 3. The van der Waals surface area contributed by atoms with Crippen LogP contribution in [0, 0.1) is 0 Å². The van der Waals surface area contributed by atoms with Crippen LogP contribution >= 0.6 is 0 Å². The molecule has 0 amide bonds. The van der Waals surface area contributed by atoms with Crippen molar-refractivity contribution in [2.45, 2.75) is 13.5 Å². The van der Waals surface area contributed by atoms with E-state index >= 15 is 0 Å². The van der Waals surface area contributed by atoms with Crippen LogP contribution in [0.1, 0.15) is 18.1 Å². The molecule has 2 aromatic carbocycles. The van der Waals surface area contributed by atoms with Crippen LogP contribution in [-0.4, -0.2) is 13.4 Å². The van der Waals surface area contributed by atoms with E-state index in [9.17, 15) is 4.79 Å². The van der Waals surface area contributed by atoms with Crippen LogP contribution in [0.4, 0.5) is 0 Å². The number of methoxy groups -OCH3 is 1. The van der Waals surface area contributed by atoms with Crippen LogP contribution < -0.4 is 9.47 Å². The van der Waals surface area contributed by atoms with Crippen LogP contribution in [0.2, 0.25) is 0 Å². The fraction of sp³-hybridized carbons (Fsp3) is 0.167. The van der Waals surface area contributed by atoms with E-state index in [-0.39, 0.29) is 0 Å². The van der Waals surface area contributed by atoms with Gasteiger partial charge in [0.15, 0.2) is 11.5 Å². The summed E-state index contributed by atoms with van der Waals surface area (Å²) in [5.74, 6) is 1.34. The molecule has 0 aliphatic heterocycles. The normalized spacial score (nSPS) is 11.0. The van der Waals surface area contributed by atoms with Gasteiger partial charge in [0.2, 0.25) is 0 Å². The number of benzene rings is 2. The lowest BCUT2D eigenvalue weighted by atomic mass is 10.1. The smallest absolute Gasteiger partial charge is 0.161 e. The van der Waals surface area contributed by atoms with Gasteiger partial charge in [-0.2, -0.15) is 0 Å². The zero-order valence-electron chi connectivity index (χ0n) is 12.2. The number of carbonyl (C=O) groups excluding carboxylic acids is 1. The van der Waals surface area contributed by atoms with Gasteiger partial charge < -0.3 is 9.47 Å². The summed E-state index contributed by atoms with van der Waals surface area (Å²) in [5.41, 5.74) is 2.92. The first-order valence-electron chi connectivity index (χ1n) is 6.72. The minimum absolute atomic E-state index is 0.486. The minimum atomic E-state index is 0.486. The molecule has 3 heteroatoms. The Labute approximate surface area is 124 Å². The van der Waals surface area contributed by atoms with Crippen LogP contribution in [0.25, 0.3) is 5.57 Å². The first kappa shape index (κ1) is 14.9. The number of aldehydes is 1. The second-order valence-electron chi connectivity index (χ2n) is 4.63. The molecule has 0 saturated heterocycles. The molecular weight excluding hydrogens is 264 g/mol. The van der Waals surface area contributed by atoms with Crippen molar-refractivity contribution in [2.24, 2.45) is 0 Å². The van der Waals surface area contributed by atoms with Gasteiger partial charge in [0.25, 0.3) is 0 Å². The van der Waals surface area contributed by atoms with Crippen molar-refractivity contribution >= 4 is 11.9 Å². The summed E-state index contributed by atoms with van der Waals surface area (Å²) in [6.45, 7) is 2.37. The number of rotatable bonds is 6. The molecule has 21 heavy (non-hydrogen) atoms. The van der Waals surface area contributed by atoms with Crippen LogP contribution in [-0.2, 0) is 11.4 Å². The maximum Gasteiger partial charge on any atom is 0.161 e. The van der Waals surface area contributed by atoms with Crippen molar-refractivity contribution in [1.29, 1.82) is 0 Å². The third kappa shape index (κ3) is 3.96. The Kier molecular flexibility index (Phi) is 5.16. The van der Waals surface area contributed by atoms with Gasteiger partial charge in [0.1, 0.15) is 12.9 Å². The van der Waals surface area contributed by atoms with Crippen LogP contribution in [0.15, 0.2) is 54.6 Å². The van der Waals surface area contributed by atoms with E-state index in [0.717, 1.165) is 23.0 Å². The molecule has 0 atom stereocenters. The van der Waals surface area contributed by atoms with Gasteiger partial charge in [-0.05, 0) is 41.8 Å². The molecule has 0 bridgehead atoms. The fourth-order valence-electron chi connectivity index (χ4n) is 1.97. The molecule has 0 spiro atoms. The summed E-state index contributed by atoms with van der Waals surface area (Å²) in [6.07, 6.45) is 2.31. The quantitative estimate of drug-likeness (QED) is 0.596. The first-order valence-corrected chi connectivity index (χ1v) is 6.72. The Hall–Kier alpha value is -2.55. The number of allylic oxidation sites excluding steroid dienone is 2. The molecular formula is C18H18O3. The van der Waals surface area contributed by atoms with Gasteiger partial charge >= 0.3 is 0 Å². The van der Waals surface area contributed by atoms with E-state index in [1.165, 1.54) is 6.08 Å². The van der Waals surface area contributed by atoms with E-state index in [1.54, 1.807) is 7.11 Å². The molecule has 0 heterocycles. The van der Waals surface area contributed by atoms with E-state index in [2.05, 4.69) is 0 Å². The van der Waals surface area contributed by atoms with E-state index in [0.29, 0.717) is 18.1 Å². The third-order valence-electron chi connectivity index (χ3n) is 3.17. The van der Waals surface area contributed by atoms with Crippen molar-refractivity contribution in [3.63, 3.8) is 0 Å². The number of carbonyl (C=O) groups is 1. The SMILES string of the molecule is COc1cc(C(C)=CC=O)ccc1OCc1ccccc1. The number of ether oxygens (including phenoxy) is 2. The average Bonchev–Trinajstić information content (AvgIpc) is 2.54. The van der Waals surface area contributed by atoms with E-state index in [4.69, 9.17) is 9.47 Å². The van der Waals surface area contributed by atoms with Gasteiger partial charge in [-0.15, -0.1) is 0 Å². The van der Waals surface area contributed by atoms with Crippen LogP contribution in [0.5, 0.6) is 11.5 Å². The summed E-state index contributed by atoms with van der Waals surface area (Å²) < 4.78 is 11.2. The van der Waals surface area contributed by atoms with Gasteiger partial charge in [-0.1, -0.05) is 36.4 Å². The predicted molar refractivity (Wildman–Crippen MR) is 83.5 cm³/mol. The Morgan fingerprint density at radius 3 is 2.52 bits per heavy atom. The molecule has 0 fully saturated rings. The maximum atomic E-state index is 10.5. The lowest BCUT2D eigenvalue weighted by Gasteiger charge is -2.12. The Balaban J connectivity index is 2.16. The summed E-state index contributed by atoms with van der Waals surface area (Å²) in [5, 5.41) is 0. The summed E-state index contributed by atoms with van der Waals surface area (Å²) >= 11 is 0. The first-order chi connectivity index (χ1) is 10.2. The molecule has 0 aromatic heterocycles. The average molecular weight is 282 g/mol. The van der Waals surface area contributed by atoms with Gasteiger partial charge in [0.05, 0.1) is 7.11 Å². The molecule has 2 aromatic rings. The lowest BCUT2D eigenvalue weighted by Crippen LogP contribution is -1.98. The molecule has 0 N–H and O–H groups in total. The van der Waals surface area contributed by atoms with Gasteiger partial charge in [0, 0.05) is 0 Å². The van der Waals surface area contributed by atoms with Gasteiger partial charge in [-0.25, -0.2) is 0 Å². The van der Waals surface area contributed by atoms with E-state index in [1.807, 2.05) is 55.5 Å². The topological polar surface area (TPSA) is 35.5 Å². The summed E-state index contributed by atoms with van der Waals surface area (Å²) in [7, 11) is 1.60. The highest BCUT2D eigenvalue weighted by Gasteiger charge is 2.07. The maximum absolute atomic E-state index is 10.5. The van der Waals surface area contributed by atoms with Crippen molar-refractivity contribution in [3.8, 4) is 11.5 Å². The minimum Gasteiger partial charge on any atom is -0.493 e. The number of hydrogen-bond donors (Lipinski definition) is 0. The zero-order valence-corrected chi connectivity index (χ0v) is 12.2. The predicted octanol–water partition coefficient (Wildman–Crippen LogP) is 3.88. The van der Waals surface area contributed by atoms with Gasteiger partial charge in [-0.3, -0.25) is 4.79 Å². The van der Waals surface area contributed by atoms with E-state index < -0.39 is 0 Å². The largest absolute Gasteiger partial charge is 0.493 e. The molecule has 0 aliphatic carbocycles. The molecule has 0 saturated carbocycles. The van der Waals surface area contributed by atoms with Crippen molar-refractivity contribution < 1.29 is 14.3 Å². The summed E-state index contributed by atoms with van der Waals surface area (Å²) in [4.78, 5) is 10.5. The monoisotopic (exact) mass is 282 g/mol. The highest BCUT2D eigenvalue weighted by atomic mass is 16.5. The fourth-order valence-corrected chi connectivity index (χ4v) is 1.97. The Morgan fingerprint density at radius 2 is 1.86 bits per heavy atom. The molecule has 108 valence electrons. The summed E-state index contributed by atoms with van der Waals surface area (Å²) in [6, 6.07) is 15.6.